The second-order valence-electron chi connectivity index (χ2n) is 11.9. The maximum Gasteiger partial charge on any atom is 0.0540 e. The lowest BCUT2D eigenvalue weighted by atomic mass is 9.91. The number of rotatable bonds is 6. The van der Waals surface area contributed by atoms with Gasteiger partial charge < -0.3 is 27.0 Å². The lowest BCUT2D eigenvalue weighted by Crippen LogP contribution is -2.11. The van der Waals surface area contributed by atoms with E-state index in [1.54, 1.807) is 0 Å². The number of anilines is 9. The van der Waals surface area contributed by atoms with Gasteiger partial charge in [0, 0.05) is 50.6 Å². The number of benzene rings is 8. The third-order valence-corrected chi connectivity index (χ3v) is 8.85. The molecule has 0 radical (unpaired) electrons. The van der Waals surface area contributed by atoms with Crippen LogP contribution in [0.1, 0.15) is 5.56 Å². The molecule has 0 heterocycles. The molecule has 0 fully saturated rings. The second kappa shape index (κ2) is 10.8. The van der Waals surface area contributed by atoms with Crippen LogP contribution in [0.15, 0.2) is 146 Å². The van der Waals surface area contributed by atoms with Gasteiger partial charge in [-0.25, -0.2) is 0 Å². The molecule has 5 heteroatoms. The Bertz CT molecular complexity index is 2070. The molecule has 0 atom stereocenters. The van der Waals surface area contributed by atoms with E-state index in [2.05, 4.69) is 126 Å². The first-order valence-corrected chi connectivity index (χ1v) is 15.4. The first kappa shape index (κ1) is 27.4. The zero-order valence-electron chi connectivity index (χ0n) is 25.5. The highest BCUT2D eigenvalue weighted by Gasteiger charge is 2.21. The van der Waals surface area contributed by atoms with Gasteiger partial charge >= 0.3 is 0 Å². The van der Waals surface area contributed by atoms with Crippen LogP contribution in [0.25, 0.3) is 32.3 Å². The summed E-state index contributed by atoms with van der Waals surface area (Å²) in [5.41, 5.74) is 28.1. The van der Waals surface area contributed by atoms with Gasteiger partial charge in [0.05, 0.1) is 11.4 Å². The number of nitrogens with zero attached hydrogens (tertiary/aromatic N) is 2. The highest BCUT2D eigenvalue weighted by Crippen LogP contribution is 2.47. The smallest absolute Gasteiger partial charge is 0.0540 e. The van der Waals surface area contributed by atoms with Crippen molar-refractivity contribution in [2.24, 2.45) is 0 Å². The number of hydrogen-bond donors (Lipinski definition) is 3. The molecule has 222 valence electrons. The topological polar surface area (TPSA) is 84.5 Å². The predicted octanol–water partition coefficient (Wildman–Crippen LogP) is 10.6. The Morgan fingerprint density at radius 3 is 1.00 bits per heavy atom. The predicted molar refractivity (Wildman–Crippen MR) is 197 cm³/mol. The normalized spacial score (nSPS) is 11.4. The fraction of sp³-hybridized carbons (Fsp3) is 0.0244. The molecular weight excluding hydrogens is 562 g/mol. The van der Waals surface area contributed by atoms with Gasteiger partial charge in [-0.3, -0.25) is 0 Å². The van der Waals surface area contributed by atoms with Gasteiger partial charge in [0.2, 0.25) is 0 Å². The van der Waals surface area contributed by atoms with E-state index in [-0.39, 0.29) is 0 Å². The van der Waals surface area contributed by atoms with E-state index in [4.69, 9.17) is 17.2 Å². The molecule has 0 bridgehead atoms. The van der Waals surface area contributed by atoms with E-state index in [0.717, 1.165) is 56.6 Å². The van der Waals surface area contributed by atoms with E-state index >= 15 is 0 Å². The van der Waals surface area contributed by atoms with Crippen molar-refractivity contribution in [3.63, 3.8) is 0 Å². The number of nitrogen functional groups attached to an aromatic ring is 3. The molecule has 0 aliphatic carbocycles. The molecule has 8 rings (SSSR count). The van der Waals surface area contributed by atoms with Crippen molar-refractivity contribution in [2.45, 2.75) is 6.92 Å². The molecule has 0 amide bonds. The average molecular weight is 596 g/mol. The number of hydrogen-bond acceptors (Lipinski definition) is 5. The van der Waals surface area contributed by atoms with Crippen molar-refractivity contribution in [1.29, 1.82) is 0 Å². The van der Waals surface area contributed by atoms with Crippen molar-refractivity contribution in [1.82, 2.24) is 0 Å². The summed E-state index contributed by atoms with van der Waals surface area (Å²) >= 11 is 0. The Kier molecular flexibility index (Phi) is 6.40. The Balaban J connectivity index is 1.40. The molecule has 0 aromatic heterocycles. The Hall–Kier alpha value is -6.20. The van der Waals surface area contributed by atoms with Crippen LogP contribution in [0.5, 0.6) is 0 Å². The van der Waals surface area contributed by atoms with Crippen LogP contribution in [0.3, 0.4) is 0 Å². The minimum absolute atomic E-state index is 0.725. The van der Waals surface area contributed by atoms with Gasteiger partial charge in [0.15, 0.2) is 0 Å². The molecule has 0 saturated carbocycles. The molecule has 8 aromatic carbocycles. The van der Waals surface area contributed by atoms with Crippen LogP contribution in [-0.2, 0) is 0 Å². The van der Waals surface area contributed by atoms with Gasteiger partial charge in [-0.1, -0.05) is 54.1 Å². The standard InChI is InChI=1S/C41H33N5/c1-26-2-14-32(15-3-26)45(33-16-8-29(42)9-17-33)38-24-6-27-5-23-37-39(25-7-28-4-22-36(38)40(27)41(28)37)46(34-18-10-30(43)11-19-34)35-20-12-31(44)13-21-35/h2-25H,42-44H2,1H3. The molecule has 46 heavy (non-hydrogen) atoms. The van der Waals surface area contributed by atoms with Crippen LogP contribution >= 0.6 is 0 Å². The monoisotopic (exact) mass is 595 g/mol. The van der Waals surface area contributed by atoms with E-state index in [1.807, 2.05) is 36.4 Å². The highest BCUT2D eigenvalue weighted by atomic mass is 15.1. The minimum Gasteiger partial charge on any atom is -0.399 e. The molecule has 0 aliphatic heterocycles. The number of nitrogens with two attached hydrogens (primary N) is 3. The van der Waals surface area contributed by atoms with Gasteiger partial charge in [-0.2, -0.15) is 0 Å². The Morgan fingerprint density at radius 1 is 0.348 bits per heavy atom. The van der Waals surface area contributed by atoms with Crippen LogP contribution in [0, 0.1) is 6.92 Å². The van der Waals surface area contributed by atoms with Gasteiger partial charge in [-0.15, -0.1) is 0 Å². The van der Waals surface area contributed by atoms with Crippen molar-refractivity contribution >= 4 is 83.5 Å². The van der Waals surface area contributed by atoms with Crippen molar-refractivity contribution < 1.29 is 0 Å². The molecule has 0 unspecified atom stereocenters. The molecule has 6 N–H and O–H groups in total. The fourth-order valence-corrected chi connectivity index (χ4v) is 6.58. The maximum atomic E-state index is 6.12. The molecule has 0 spiro atoms. The zero-order chi connectivity index (χ0) is 31.4. The summed E-state index contributed by atoms with van der Waals surface area (Å²) in [6, 6.07) is 50.7. The number of aryl methyl sites for hydroxylation is 1. The summed E-state index contributed by atoms with van der Waals surface area (Å²) in [5.74, 6) is 0. The summed E-state index contributed by atoms with van der Waals surface area (Å²) in [5, 5.41) is 7.19. The SMILES string of the molecule is Cc1ccc(N(c2ccc(N)cc2)c2ccc3ccc4c(N(c5ccc(N)cc5)c5ccc(N)cc5)ccc5ccc2c3c54)cc1. The Labute approximate surface area is 268 Å². The highest BCUT2D eigenvalue weighted by molar-refractivity contribution is 6.28. The van der Waals surface area contributed by atoms with Crippen LogP contribution in [0.4, 0.5) is 51.2 Å². The summed E-state index contributed by atoms with van der Waals surface area (Å²) in [4.78, 5) is 4.60. The summed E-state index contributed by atoms with van der Waals surface area (Å²) in [6.45, 7) is 2.11. The lowest BCUT2D eigenvalue weighted by Gasteiger charge is -2.29. The quantitative estimate of drug-likeness (QED) is 0.132. The van der Waals surface area contributed by atoms with Crippen molar-refractivity contribution in [3.05, 3.63) is 151 Å². The van der Waals surface area contributed by atoms with Crippen LogP contribution in [0.2, 0.25) is 0 Å². The van der Waals surface area contributed by atoms with E-state index < -0.39 is 0 Å². The Morgan fingerprint density at radius 2 is 0.652 bits per heavy atom. The molecule has 8 aromatic rings. The van der Waals surface area contributed by atoms with Crippen LogP contribution in [-0.4, -0.2) is 0 Å². The molecule has 5 nitrogen and oxygen atoms in total. The van der Waals surface area contributed by atoms with Gasteiger partial charge in [-0.05, 0) is 126 Å². The van der Waals surface area contributed by atoms with Crippen molar-refractivity contribution in [2.75, 3.05) is 27.0 Å². The summed E-state index contributed by atoms with van der Waals surface area (Å²) in [6.07, 6.45) is 0. The molecule has 0 saturated heterocycles. The maximum absolute atomic E-state index is 6.12. The average Bonchev–Trinajstić information content (AvgIpc) is 3.08. The van der Waals surface area contributed by atoms with Gasteiger partial charge in [0.1, 0.15) is 0 Å². The third-order valence-electron chi connectivity index (χ3n) is 8.85. The van der Waals surface area contributed by atoms with Crippen molar-refractivity contribution in [3.8, 4) is 0 Å². The van der Waals surface area contributed by atoms with E-state index in [0.29, 0.717) is 0 Å². The first-order valence-electron chi connectivity index (χ1n) is 15.4. The first-order chi connectivity index (χ1) is 22.4. The molecule has 0 aliphatic rings. The van der Waals surface area contributed by atoms with E-state index in [1.165, 1.54) is 32.5 Å². The lowest BCUT2D eigenvalue weighted by molar-refractivity contribution is 1.29. The largest absolute Gasteiger partial charge is 0.399 e. The minimum atomic E-state index is 0.725. The second-order valence-corrected chi connectivity index (χ2v) is 11.9. The van der Waals surface area contributed by atoms with E-state index in [9.17, 15) is 0 Å². The zero-order valence-corrected chi connectivity index (χ0v) is 25.5. The summed E-state index contributed by atoms with van der Waals surface area (Å²) < 4.78 is 0. The molecular formula is C41H33N5. The fourth-order valence-electron chi connectivity index (χ4n) is 6.58. The third kappa shape index (κ3) is 4.57. The van der Waals surface area contributed by atoms with Crippen LogP contribution < -0.4 is 27.0 Å². The van der Waals surface area contributed by atoms with Gasteiger partial charge in [0.25, 0.3) is 0 Å². The summed E-state index contributed by atoms with van der Waals surface area (Å²) in [7, 11) is 0.